The lowest BCUT2D eigenvalue weighted by Crippen LogP contribution is -2.55. The molecule has 0 aromatic carbocycles. The number of aromatic amines is 1. The first-order valence-corrected chi connectivity index (χ1v) is 13.0. The van der Waals surface area contributed by atoms with Crippen molar-refractivity contribution >= 4 is 25.7 Å². The second-order valence-corrected chi connectivity index (χ2v) is 10.8. The number of fused-ring (bicyclic) bond motifs is 1. The normalized spacial score (nSPS) is 30.2. The average molecular weight is 563 g/mol. The maximum absolute atomic E-state index is 13.3. The number of aromatic nitrogens is 2. The number of carbonyl (C=O) groups is 3. The van der Waals surface area contributed by atoms with Crippen LogP contribution in [0.4, 0.5) is 0 Å². The van der Waals surface area contributed by atoms with Crippen LogP contribution in [0.2, 0.25) is 0 Å². The Kier molecular flexibility index (Phi) is 8.96. The Bertz CT molecular complexity index is 1230. The molecule has 0 unspecified atom stereocenters. The van der Waals surface area contributed by atoms with Gasteiger partial charge in [0.05, 0.1) is 18.2 Å². The van der Waals surface area contributed by atoms with E-state index in [9.17, 15) is 28.5 Å². The SMILES string of the molecule is CC(=O)O[C@@H](CO[P@@]1(=O)OC[C@H]2O[C@@H](n3ccc(=O)[nH]c3=O)[C@](C)(N)[C@@H]2O1)[C@@H](OC(C)=O)C(=O)OC(C)C. The van der Waals surface area contributed by atoms with E-state index in [0.29, 0.717) is 0 Å². The van der Waals surface area contributed by atoms with Gasteiger partial charge in [0.15, 0.2) is 12.3 Å². The monoisotopic (exact) mass is 563 g/mol. The number of phosphoric ester groups is 1. The summed E-state index contributed by atoms with van der Waals surface area (Å²) in [6.45, 7) is 5.58. The molecule has 16 nitrogen and oxygen atoms in total. The topological polar surface area (TPSA) is 214 Å². The number of nitrogens with two attached hydrogens (primary N) is 1. The van der Waals surface area contributed by atoms with Gasteiger partial charge >= 0.3 is 31.4 Å². The molecule has 0 radical (unpaired) electrons. The van der Waals surface area contributed by atoms with Crippen molar-refractivity contribution in [3.8, 4) is 0 Å². The van der Waals surface area contributed by atoms with Crippen molar-refractivity contribution in [1.29, 1.82) is 0 Å². The summed E-state index contributed by atoms with van der Waals surface area (Å²) < 4.78 is 51.5. The summed E-state index contributed by atoms with van der Waals surface area (Å²) in [6.07, 6.45) is -5.84. The Labute approximate surface area is 216 Å². The van der Waals surface area contributed by atoms with Gasteiger partial charge in [0.2, 0.25) is 6.10 Å². The van der Waals surface area contributed by atoms with Crippen LogP contribution in [-0.4, -0.2) is 76.7 Å². The summed E-state index contributed by atoms with van der Waals surface area (Å²) in [5.41, 5.74) is 3.55. The molecule has 212 valence electrons. The predicted molar refractivity (Wildman–Crippen MR) is 125 cm³/mol. The molecule has 0 spiro atoms. The second kappa shape index (κ2) is 11.5. The van der Waals surface area contributed by atoms with Crippen LogP contribution in [0, 0.1) is 0 Å². The smallest absolute Gasteiger partial charge is 0.460 e. The molecule has 2 aliphatic rings. The zero-order chi connectivity index (χ0) is 28.4. The predicted octanol–water partition coefficient (Wildman–Crippen LogP) is -0.493. The summed E-state index contributed by atoms with van der Waals surface area (Å²) in [6, 6.07) is 1.10. The first-order chi connectivity index (χ1) is 17.6. The fourth-order valence-corrected chi connectivity index (χ4v) is 5.42. The van der Waals surface area contributed by atoms with Crippen molar-refractivity contribution in [3.05, 3.63) is 33.1 Å². The van der Waals surface area contributed by atoms with Crippen LogP contribution in [0.15, 0.2) is 21.9 Å². The fourth-order valence-electron chi connectivity index (χ4n) is 3.93. The van der Waals surface area contributed by atoms with E-state index in [2.05, 4.69) is 4.98 Å². The summed E-state index contributed by atoms with van der Waals surface area (Å²) >= 11 is 0. The van der Waals surface area contributed by atoms with E-state index in [1.54, 1.807) is 13.8 Å². The van der Waals surface area contributed by atoms with Crippen molar-refractivity contribution in [2.24, 2.45) is 5.73 Å². The minimum atomic E-state index is -4.42. The van der Waals surface area contributed by atoms with Gasteiger partial charge in [0.25, 0.3) is 5.56 Å². The molecular weight excluding hydrogens is 533 g/mol. The summed E-state index contributed by atoms with van der Waals surface area (Å²) in [5.74, 6) is -2.76. The zero-order valence-corrected chi connectivity index (χ0v) is 22.2. The number of ether oxygens (including phenoxy) is 4. The van der Waals surface area contributed by atoms with Crippen molar-refractivity contribution < 1.29 is 51.5 Å². The Morgan fingerprint density at radius 2 is 1.87 bits per heavy atom. The van der Waals surface area contributed by atoms with Crippen LogP contribution in [0.1, 0.15) is 40.8 Å². The molecule has 0 saturated carbocycles. The number of carbonyl (C=O) groups excluding carboxylic acids is 3. The number of nitrogens with one attached hydrogen (secondary N) is 1. The zero-order valence-electron chi connectivity index (χ0n) is 21.3. The highest BCUT2D eigenvalue weighted by atomic mass is 31.2. The third-order valence-electron chi connectivity index (χ3n) is 5.46. The molecule has 17 heteroatoms. The highest BCUT2D eigenvalue weighted by molar-refractivity contribution is 7.48. The Balaban J connectivity index is 1.79. The highest BCUT2D eigenvalue weighted by Gasteiger charge is 2.59. The van der Waals surface area contributed by atoms with Crippen molar-refractivity contribution in [2.75, 3.05) is 13.2 Å². The molecule has 2 saturated heterocycles. The summed E-state index contributed by atoms with van der Waals surface area (Å²) in [4.78, 5) is 61.6. The van der Waals surface area contributed by atoms with Gasteiger partial charge in [-0.3, -0.25) is 37.5 Å². The van der Waals surface area contributed by atoms with Crippen LogP contribution in [-0.2, 0) is 51.5 Å². The number of hydrogen-bond donors (Lipinski definition) is 2. The van der Waals surface area contributed by atoms with Crippen LogP contribution in [0.5, 0.6) is 0 Å². The van der Waals surface area contributed by atoms with Crippen LogP contribution in [0.25, 0.3) is 0 Å². The first kappa shape index (κ1) is 29.7. The Hall–Kier alpha value is -2.88. The average Bonchev–Trinajstić information content (AvgIpc) is 3.04. The highest BCUT2D eigenvalue weighted by Crippen LogP contribution is 2.58. The Morgan fingerprint density at radius 1 is 1.21 bits per heavy atom. The molecule has 1 aromatic rings. The maximum Gasteiger partial charge on any atom is 0.475 e. The van der Waals surface area contributed by atoms with Crippen LogP contribution >= 0.6 is 7.82 Å². The van der Waals surface area contributed by atoms with E-state index >= 15 is 0 Å². The van der Waals surface area contributed by atoms with E-state index in [1.807, 2.05) is 0 Å². The molecule has 1 aromatic heterocycles. The largest absolute Gasteiger partial charge is 0.475 e. The number of hydrogen-bond acceptors (Lipinski definition) is 14. The van der Waals surface area contributed by atoms with E-state index in [4.69, 9.17) is 38.3 Å². The van der Waals surface area contributed by atoms with Crippen molar-refractivity contribution in [1.82, 2.24) is 9.55 Å². The summed E-state index contributed by atoms with van der Waals surface area (Å²) in [5, 5.41) is 0. The van der Waals surface area contributed by atoms with Gasteiger partial charge in [-0.15, -0.1) is 0 Å². The molecule has 38 heavy (non-hydrogen) atoms. The number of esters is 3. The lowest BCUT2D eigenvalue weighted by molar-refractivity contribution is -0.185. The minimum Gasteiger partial charge on any atom is -0.460 e. The standard InChI is InChI=1S/C21H30N3O13P/c1-10(2)33-18(28)16(35-12(4)26)13(34-11(3)25)8-31-38(30)32-9-14-17(37-38)21(5,22)19(36-14)24-7-6-15(27)23-20(24)29/h6-7,10,13-14,16-17,19H,8-9,22H2,1-5H3,(H,23,27,29)/t13-,14+,16+,17+,19+,21+,38-/m0/s1. The lowest BCUT2D eigenvalue weighted by atomic mass is 9.93. The molecule has 0 bridgehead atoms. The number of nitrogens with zero attached hydrogens (tertiary/aromatic N) is 1. The summed E-state index contributed by atoms with van der Waals surface area (Å²) in [7, 11) is -4.42. The molecule has 0 aliphatic carbocycles. The third-order valence-corrected chi connectivity index (χ3v) is 6.87. The van der Waals surface area contributed by atoms with E-state index < -0.39 is 85.9 Å². The molecular formula is C21H30N3O13P. The van der Waals surface area contributed by atoms with Crippen LogP contribution in [0.3, 0.4) is 0 Å². The molecule has 3 rings (SSSR count). The fraction of sp³-hybridized carbons (Fsp3) is 0.667. The van der Waals surface area contributed by atoms with Gasteiger partial charge in [-0.1, -0.05) is 0 Å². The minimum absolute atomic E-state index is 0.329. The first-order valence-electron chi connectivity index (χ1n) is 11.5. The Morgan fingerprint density at radius 3 is 2.45 bits per heavy atom. The molecule has 7 atom stereocenters. The molecule has 3 heterocycles. The van der Waals surface area contributed by atoms with Crippen molar-refractivity contribution in [3.63, 3.8) is 0 Å². The maximum atomic E-state index is 13.3. The van der Waals surface area contributed by atoms with Gasteiger partial charge in [-0.25, -0.2) is 14.2 Å². The van der Waals surface area contributed by atoms with Gasteiger partial charge in [-0.2, -0.15) is 0 Å². The lowest BCUT2D eigenvalue weighted by Gasteiger charge is -2.36. The molecule has 0 amide bonds. The van der Waals surface area contributed by atoms with Gasteiger partial charge in [-0.05, 0) is 20.8 Å². The molecule has 2 fully saturated rings. The van der Waals surface area contributed by atoms with E-state index in [0.717, 1.165) is 24.5 Å². The number of phosphoric acid groups is 1. The van der Waals surface area contributed by atoms with Gasteiger partial charge in [0, 0.05) is 26.1 Å². The van der Waals surface area contributed by atoms with Gasteiger partial charge in [0.1, 0.15) is 18.8 Å². The molecule has 2 aliphatic heterocycles. The second-order valence-electron chi connectivity index (χ2n) is 9.14. The van der Waals surface area contributed by atoms with E-state index in [-0.39, 0.29) is 6.61 Å². The quantitative estimate of drug-likeness (QED) is 0.220. The van der Waals surface area contributed by atoms with Crippen LogP contribution < -0.4 is 17.0 Å². The third kappa shape index (κ3) is 6.76. The van der Waals surface area contributed by atoms with E-state index in [1.165, 1.54) is 13.1 Å². The molecule has 3 N–H and O–H groups in total. The number of rotatable bonds is 9. The van der Waals surface area contributed by atoms with Crippen molar-refractivity contribution in [2.45, 2.75) is 76.9 Å². The number of H-pyrrole nitrogens is 1. The van der Waals surface area contributed by atoms with Gasteiger partial charge < -0.3 is 24.7 Å².